The van der Waals surface area contributed by atoms with Crippen LogP contribution >= 0.6 is 0 Å². The molecule has 0 saturated carbocycles. The third-order valence-corrected chi connectivity index (χ3v) is 3.36. The van der Waals surface area contributed by atoms with Crippen molar-refractivity contribution < 1.29 is 19.4 Å². The van der Waals surface area contributed by atoms with Crippen LogP contribution in [-0.4, -0.2) is 39.3 Å². The Balaban J connectivity index is 2.43. The molecule has 0 saturated heterocycles. The SMILES string of the molecule is Cc1nc(CCCCNC(=O)OC(C)(C)C)c(=O)[nH]c1CCC(=O)O. The number of unbranched alkanes of at least 4 members (excludes halogenated alkanes) is 1. The highest BCUT2D eigenvalue weighted by Crippen LogP contribution is 2.07. The van der Waals surface area contributed by atoms with E-state index in [0.29, 0.717) is 42.9 Å². The predicted molar refractivity (Wildman–Crippen MR) is 92.7 cm³/mol. The topological polar surface area (TPSA) is 121 Å². The molecule has 0 unspecified atom stereocenters. The van der Waals surface area contributed by atoms with Gasteiger partial charge in [0.25, 0.3) is 5.56 Å². The highest BCUT2D eigenvalue weighted by Gasteiger charge is 2.15. The molecule has 8 nitrogen and oxygen atoms in total. The fraction of sp³-hybridized carbons (Fsp3) is 0.647. The lowest BCUT2D eigenvalue weighted by molar-refractivity contribution is -0.136. The van der Waals surface area contributed by atoms with E-state index in [1.54, 1.807) is 27.7 Å². The monoisotopic (exact) mass is 353 g/mol. The fourth-order valence-corrected chi connectivity index (χ4v) is 2.19. The average molecular weight is 353 g/mol. The minimum absolute atomic E-state index is 0.0475. The van der Waals surface area contributed by atoms with Gasteiger partial charge in [-0.25, -0.2) is 4.79 Å². The molecule has 1 aromatic heterocycles. The second-order valence-electron chi connectivity index (χ2n) is 6.86. The van der Waals surface area contributed by atoms with Crippen molar-refractivity contribution >= 4 is 12.1 Å². The summed E-state index contributed by atoms with van der Waals surface area (Å²) in [5.74, 6) is -0.915. The number of carbonyl (C=O) groups excluding carboxylic acids is 1. The molecule has 0 spiro atoms. The smallest absolute Gasteiger partial charge is 0.407 e. The Hall–Kier alpha value is -2.38. The van der Waals surface area contributed by atoms with Crippen LogP contribution in [0.15, 0.2) is 4.79 Å². The van der Waals surface area contributed by atoms with Crippen molar-refractivity contribution in [3.05, 3.63) is 27.4 Å². The van der Waals surface area contributed by atoms with Crippen LogP contribution in [0.1, 0.15) is 57.1 Å². The molecule has 1 aromatic rings. The number of alkyl carbamates (subject to hydrolysis) is 1. The van der Waals surface area contributed by atoms with Gasteiger partial charge in [-0.15, -0.1) is 0 Å². The van der Waals surface area contributed by atoms with Gasteiger partial charge in [0, 0.05) is 12.2 Å². The molecular formula is C17H27N3O5. The van der Waals surface area contributed by atoms with Gasteiger partial charge in [0.1, 0.15) is 11.3 Å². The van der Waals surface area contributed by atoms with Crippen molar-refractivity contribution in [3.8, 4) is 0 Å². The third kappa shape index (κ3) is 8.32. The molecule has 0 bridgehead atoms. The Labute approximate surface area is 147 Å². The second-order valence-corrected chi connectivity index (χ2v) is 6.86. The lowest BCUT2D eigenvalue weighted by Crippen LogP contribution is -2.33. The van der Waals surface area contributed by atoms with E-state index in [1.165, 1.54) is 0 Å². The first kappa shape index (κ1) is 20.7. The summed E-state index contributed by atoms with van der Waals surface area (Å²) in [6, 6.07) is 0. The lowest BCUT2D eigenvalue weighted by Gasteiger charge is -2.19. The molecule has 3 N–H and O–H groups in total. The highest BCUT2D eigenvalue weighted by atomic mass is 16.6. The van der Waals surface area contributed by atoms with E-state index < -0.39 is 17.7 Å². The van der Waals surface area contributed by atoms with Gasteiger partial charge in [0.05, 0.1) is 12.1 Å². The van der Waals surface area contributed by atoms with Crippen LogP contribution in [0.2, 0.25) is 0 Å². The second kappa shape index (κ2) is 9.19. The van der Waals surface area contributed by atoms with Gasteiger partial charge in [0.15, 0.2) is 0 Å². The van der Waals surface area contributed by atoms with Gasteiger partial charge in [-0.2, -0.15) is 0 Å². The number of aryl methyl sites for hydroxylation is 3. The van der Waals surface area contributed by atoms with Crippen LogP contribution in [0.4, 0.5) is 4.79 Å². The summed E-state index contributed by atoms with van der Waals surface area (Å²) in [4.78, 5) is 41.1. The molecule has 0 radical (unpaired) electrons. The first-order valence-electron chi connectivity index (χ1n) is 8.36. The van der Waals surface area contributed by atoms with Crippen LogP contribution in [-0.2, 0) is 22.4 Å². The number of hydrogen-bond acceptors (Lipinski definition) is 5. The van der Waals surface area contributed by atoms with Crippen molar-refractivity contribution in [2.45, 2.75) is 65.4 Å². The number of aromatic nitrogens is 2. The molecule has 1 rings (SSSR count). The van der Waals surface area contributed by atoms with Crippen molar-refractivity contribution in [2.75, 3.05) is 6.54 Å². The number of hydrogen-bond donors (Lipinski definition) is 3. The van der Waals surface area contributed by atoms with Crippen LogP contribution in [0, 0.1) is 6.92 Å². The van der Waals surface area contributed by atoms with Crippen LogP contribution in [0.5, 0.6) is 0 Å². The van der Waals surface area contributed by atoms with Gasteiger partial charge < -0.3 is 20.1 Å². The molecule has 1 amide bonds. The summed E-state index contributed by atoms with van der Waals surface area (Å²) in [5.41, 5.74) is 0.812. The number of H-pyrrole nitrogens is 1. The minimum Gasteiger partial charge on any atom is -0.481 e. The zero-order chi connectivity index (χ0) is 19.0. The van der Waals surface area contributed by atoms with E-state index in [4.69, 9.17) is 9.84 Å². The number of ether oxygens (including phenoxy) is 1. The molecule has 0 aliphatic rings. The Morgan fingerprint density at radius 3 is 2.52 bits per heavy atom. The van der Waals surface area contributed by atoms with E-state index in [9.17, 15) is 14.4 Å². The molecule has 0 aromatic carbocycles. The standard InChI is InChI=1S/C17H27N3O5/c1-11-12(8-9-14(21)22)20-15(23)13(19-11)7-5-6-10-18-16(24)25-17(2,3)4/h5-10H2,1-4H3,(H,18,24)(H,20,23)(H,21,22). The summed E-state index contributed by atoms with van der Waals surface area (Å²) in [7, 11) is 0. The molecule has 1 heterocycles. The third-order valence-electron chi connectivity index (χ3n) is 3.36. The van der Waals surface area contributed by atoms with Gasteiger partial charge >= 0.3 is 12.1 Å². The van der Waals surface area contributed by atoms with Crippen molar-refractivity contribution in [3.63, 3.8) is 0 Å². The molecule has 140 valence electrons. The Bertz CT molecular complexity index is 661. The Morgan fingerprint density at radius 1 is 1.24 bits per heavy atom. The van der Waals surface area contributed by atoms with E-state index in [-0.39, 0.29) is 18.4 Å². The summed E-state index contributed by atoms with van der Waals surface area (Å²) in [6.45, 7) is 7.61. The maximum Gasteiger partial charge on any atom is 0.407 e. The Morgan fingerprint density at radius 2 is 1.92 bits per heavy atom. The number of carbonyl (C=O) groups is 2. The first-order valence-corrected chi connectivity index (χ1v) is 8.36. The largest absolute Gasteiger partial charge is 0.481 e. The molecular weight excluding hydrogens is 326 g/mol. The van der Waals surface area contributed by atoms with Crippen molar-refractivity contribution in [2.24, 2.45) is 0 Å². The maximum absolute atomic E-state index is 12.0. The van der Waals surface area contributed by atoms with Gasteiger partial charge in [-0.05, 0) is 53.4 Å². The van der Waals surface area contributed by atoms with Gasteiger partial charge in [0.2, 0.25) is 0 Å². The molecule has 25 heavy (non-hydrogen) atoms. The van der Waals surface area contributed by atoms with E-state index >= 15 is 0 Å². The quantitative estimate of drug-likeness (QED) is 0.614. The lowest BCUT2D eigenvalue weighted by atomic mass is 10.1. The average Bonchev–Trinajstić information content (AvgIpc) is 2.46. The number of amides is 1. The normalized spacial score (nSPS) is 11.2. The van der Waals surface area contributed by atoms with Crippen LogP contribution in [0.25, 0.3) is 0 Å². The van der Waals surface area contributed by atoms with Crippen molar-refractivity contribution in [1.82, 2.24) is 15.3 Å². The molecule has 0 aliphatic heterocycles. The minimum atomic E-state index is -0.915. The van der Waals surface area contributed by atoms with Crippen LogP contribution < -0.4 is 10.9 Å². The number of nitrogens with zero attached hydrogens (tertiary/aromatic N) is 1. The van der Waals surface area contributed by atoms with Crippen LogP contribution in [0.3, 0.4) is 0 Å². The highest BCUT2D eigenvalue weighted by molar-refractivity contribution is 5.67. The summed E-state index contributed by atoms with van der Waals surface area (Å²) in [6.07, 6.45) is 1.63. The zero-order valence-corrected chi connectivity index (χ0v) is 15.3. The number of rotatable bonds is 8. The molecule has 0 atom stereocenters. The molecule has 0 fully saturated rings. The van der Waals surface area contributed by atoms with Gasteiger partial charge in [-0.3, -0.25) is 14.6 Å². The number of carboxylic acid groups (broad SMARTS) is 1. The van der Waals surface area contributed by atoms with E-state index in [1.807, 2.05) is 0 Å². The van der Waals surface area contributed by atoms with Gasteiger partial charge in [-0.1, -0.05) is 0 Å². The summed E-state index contributed by atoms with van der Waals surface area (Å²) < 4.78 is 5.13. The Kier molecular flexibility index (Phi) is 7.60. The zero-order valence-electron chi connectivity index (χ0n) is 15.3. The number of carboxylic acids is 1. The molecule has 0 aliphatic carbocycles. The van der Waals surface area contributed by atoms with Crippen molar-refractivity contribution in [1.29, 1.82) is 0 Å². The summed E-state index contributed by atoms with van der Waals surface area (Å²) in [5, 5.41) is 11.4. The summed E-state index contributed by atoms with van der Waals surface area (Å²) >= 11 is 0. The maximum atomic E-state index is 12.0. The molecule has 8 heteroatoms. The fourth-order valence-electron chi connectivity index (χ4n) is 2.19. The number of aromatic amines is 1. The first-order chi connectivity index (χ1) is 11.6. The number of aliphatic carboxylic acids is 1. The predicted octanol–water partition coefficient (Wildman–Crippen LogP) is 1.94. The number of nitrogens with one attached hydrogen (secondary N) is 2. The van der Waals surface area contributed by atoms with E-state index in [0.717, 1.165) is 0 Å². The van der Waals surface area contributed by atoms with E-state index in [2.05, 4.69) is 15.3 Å².